The van der Waals surface area contributed by atoms with Crippen LogP contribution in [0.5, 0.6) is 0 Å². The minimum atomic E-state index is -0.706. The maximum absolute atomic E-state index is 11.4. The van der Waals surface area contributed by atoms with Gasteiger partial charge in [0.2, 0.25) is 0 Å². The summed E-state index contributed by atoms with van der Waals surface area (Å²) in [5, 5.41) is 3.34. The Balaban J connectivity index is 2.01. The van der Waals surface area contributed by atoms with Gasteiger partial charge in [-0.2, -0.15) is 0 Å². The van der Waals surface area contributed by atoms with Gasteiger partial charge in [-0.05, 0) is 19.1 Å². The fraction of sp³-hybridized carbons (Fsp3) is 0.400. The third kappa shape index (κ3) is 3.77. The number of aromatic nitrogens is 2. The molecule has 108 valence electrons. The van der Waals surface area contributed by atoms with Gasteiger partial charge in [0.15, 0.2) is 0 Å². The average Bonchev–Trinajstić information content (AvgIpc) is 2.85. The Morgan fingerprint density at radius 1 is 1.30 bits per heavy atom. The predicted octanol–water partition coefficient (Wildman–Crippen LogP) is 2.04. The highest BCUT2D eigenvalue weighted by Crippen LogP contribution is 2.14. The molecule has 1 aromatic heterocycles. The van der Waals surface area contributed by atoms with Gasteiger partial charge in [0, 0.05) is 41.1 Å². The standard InChI is InChI=1S/C15H21N3OS/c1-3-20(19)10-9-16-11-15-12-17-13(2)18(15)14-7-5-4-6-8-14/h4-8,12,16H,3,9-11H2,1-2H3. The maximum atomic E-state index is 11.4. The zero-order valence-electron chi connectivity index (χ0n) is 12.0. The first-order chi connectivity index (χ1) is 9.72. The minimum absolute atomic E-state index is 0.703. The van der Waals surface area contributed by atoms with Crippen LogP contribution in [-0.2, 0) is 17.3 Å². The number of hydrogen-bond acceptors (Lipinski definition) is 3. The minimum Gasteiger partial charge on any atom is -0.310 e. The summed E-state index contributed by atoms with van der Waals surface area (Å²) in [6.45, 7) is 5.45. The summed E-state index contributed by atoms with van der Waals surface area (Å²) >= 11 is 0. The lowest BCUT2D eigenvalue weighted by atomic mass is 10.3. The summed E-state index contributed by atoms with van der Waals surface area (Å²) in [4.78, 5) is 4.39. The lowest BCUT2D eigenvalue weighted by molar-refractivity contribution is 0.667. The van der Waals surface area contributed by atoms with Crippen LogP contribution in [0, 0.1) is 6.92 Å². The highest BCUT2D eigenvalue weighted by Gasteiger charge is 2.08. The zero-order chi connectivity index (χ0) is 14.4. The molecule has 0 amide bonds. The van der Waals surface area contributed by atoms with Gasteiger partial charge in [-0.15, -0.1) is 0 Å². The van der Waals surface area contributed by atoms with E-state index in [1.165, 1.54) is 0 Å². The number of hydrogen-bond donors (Lipinski definition) is 1. The van der Waals surface area contributed by atoms with Crippen molar-refractivity contribution in [3.63, 3.8) is 0 Å². The molecule has 0 aliphatic rings. The van der Waals surface area contributed by atoms with Gasteiger partial charge >= 0.3 is 0 Å². The van der Waals surface area contributed by atoms with Crippen LogP contribution in [0.3, 0.4) is 0 Å². The highest BCUT2D eigenvalue weighted by molar-refractivity contribution is 7.84. The molecule has 0 aliphatic carbocycles. The van der Waals surface area contributed by atoms with E-state index in [1.54, 1.807) is 0 Å². The van der Waals surface area contributed by atoms with E-state index in [0.717, 1.165) is 36.0 Å². The molecule has 20 heavy (non-hydrogen) atoms. The van der Waals surface area contributed by atoms with Crippen LogP contribution in [0.1, 0.15) is 18.4 Å². The Labute approximate surface area is 122 Å². The number of rotatable bonds is 7. The van der Waals surface area contributed by atoms with Gasteiger partial charge in [-0.1, -0.05) is 25.1 Å². The van der Waals surface area contributed by atoms with E-state index in [4.69, 9.17) is 0 Å². The van der Waals surface area contributed by atoms with E-state index in [2.05, 4.69) is 27.0 Å². The van der Waals surface area contributed by atoms with Gasteiger partial charge in [-0.25, -0.2) is 4.98 Å². The normalized spacial score (nSPS) is 12.5. The van der Waals surface area contributed by atoms with Gasteiger partial charge in [0.1, 0.15) is 5.82 Å². The molecule has 0 fully saturated rings. The lowest BCUT2D eigenvalue weighted by Gasteiger charge is -2.11. The van der Waals surface area contributed by atoms with Crippen molar-refractivity contribution >= 4 is 10.8 Å². The molecule has 4 nitrogen and oxygen atoms in total. The van der Waals surface area contributed by atoms with Crippen LogP contribution in [0.2, 0.25) is 0 Å². The van der Waals surface area contributed by atoms with Crippen molar-refractivity contribution in [2.24, 2.45) is 0 Å². The van der Waals surface area contributed by atoms with Crippen LogP contribution in [-0.4, -0.2) is 31.8 Å². The first kappa shape index (κ1) is 14.9. The topological polar surface area (TPSA) is 46.9 Å². The number of nitrogens with zero attached hydrogens (tertiary/aromatic N) is 2. The Morgan fingerprint density at radius 2 is 2.05 bits per heavy atom. The van der Waals surface area contributed by atoms with Crippen LogP contribution in [0.15, 0.2) is 36.5 Å². The van der Waals surface area contributed by atoms with Gasteiger partial charge in [-0.3, -0.25) is 8.78 Å². The third-order valence-corrected chi connectivity index (χ3v) is 4.46. The molecular formula is C15H21N3OS. The Bertz CT molecular complexity index is 566. The van der Waals surface area contributed by atoms with E-state index in [-0.39, 0.29) is 0 Å². The van der Waals surface area contributed by atoms with Crippen molar-refractivity contribution in [2.75, 3.05) is 18.1 Å². The summed E-state index contributed by atoms with van der Waals surface area (Å²) in [6.07, 6.45) is 1.89. The first-order valence-electron chi connectivity index (χ1n) is 6.86. The van der Waals surface area contributed by atoms with E-state index >= 15 is 0 Å². The van der Waals surface area contributed by atoms with Crippen molar-refractivity contribution in [1.82, 2.24) is 14.9 Å². The zero-order valence-corrected chi connectivity index (χ0v) is 12.8. The molecule has 2 aromatic rings. The van der Waals surface area contributed by atoms with Gasteiger partial charge in [0.05, 0.1) is 11.9 Å². The van der Waals surface area contributed by atoms with Crippen molar-refractivity contribution < 1.29 is 4.21 Å². The third-order valence-electron chi connectivity index (χ3n) is 3.16. The van der Waals surface area contributed by atoms with E-state index in [0.29, 0.717) is 5.75 Å². The molecule has 1 heterocycles. The smallest absolute Gasteiger partial charge is 0.110 e. The fourth-order valence-corrected chi connectivity index (χ4v) is 2.75. The summed E-state index contributed by atoms with van der Waals surface area (Å²) in [5.74, 6) is 2.41. The molecule has 1 atom stereocenters. The van der Waals surface area contributed by atoms with Crippen LogP contribution >= 0.6 is 0 Å². The van der Waals surface area contributed by atoms with Crippen molar-refractivity contribution in [3.8, 4) is 5.69 Å². The fourth-order valence-electron chi connectivity index (χ4n) is 2.09. The highest BCUT2D eigenvalue weighted by atomic mass is 32.2. The molecule has 2 rings (SSSR count). The SMILES string of the molecule is CCS(=O)CCNCc1cnc(C)n1-c1ccccc1. The molecule has 1 N–H and O–H groups in total. The monoisotopic (exact) mass is 291 g/mol. The van der Waals surface area contributed by atoms with E-state index in [1.807, 2.05) is 38.2 Å². The Kier molecular flexibility index (Phi) is 5.49. The van der Waals surface area contributed by atoms with E-state index in [9.17, 15) is 4.21 Å². The molecule has 0 saturated heterocycles. The van der Waals surface area contributed by atoms with Crippen LogP contribution in [0.25, 0.3) is 5.69 Å². The van der Waals surface area contributed by atoms with Gasteiger partial charge < -0.3 is 5.32 Å². The quantitative estimate of drug-likeness (QED) is 0.794. The molecule has 0 saturated carbocycles. The Hall–Kier alpha value is -1.46. The second-order valence-corrected chi connectivity index (χ2v) is 6.44. The molecule has 1 aromatic carbocycles. The lowest BCUT2D eigenvalue weighted by Crippen LogP contribution is -2.22. The molecule has 5 heteroatoms. The number of imidazole rings is 1. The summed E-state index contributed by atoms with van der Waals surface area (Å²) in [5.41, 5.74) is 2.24. The number of aryl methyl sites for hydroxylation is 1. The second kappa shape index (κ2) is 7.36. The average molecular weight is 291 g/mol. The molecular weight excluding hydrogens is 270 g/mol. The second-order valence-electron chi connectivity index (χ2n) is 4.58. The van der Waals surface area contributed by atoms with Crippen molar-refractivity contribution in [2.45, 2.75) is 20.4 Å². The largest absolute Gasteiger partial charge is 0.310 e. The van der Waals surface area contributed by atoms with Crippen molar-refractivity contribution in [3.05, 3.63) is 48.0 Å². The van der Waals surface area contributed by atoms with Gasteiger partial charge in [0.25, 0.3) is 0 Å². The van der Waals surface area contributed by atoms with E-state index < -0.39 is 10.8 Å². The molecule has 0 bridgehead atoms. The first-order valence-corrected chi connectivity index (χ1v) is 8.35. The molecule has 0 aliphatic heterocycles. The summed E-state index contributed by atoms with van der Waals surface area (Å²) in [7, 11) is -0.706. The number of benzene rings is 1. The maximum Gasteiger partial charge on any atom is 0.110 e. The molecule has 0 radical (unpaired) electrons. The Morgan fingerprint density at radius 3 is 2.75 bits per heavy atom. The predicted molar refractivity (Wildman–Crippen MR) is 83.6 cm³/mol. The molecule has 0 spiro atoms. The summed E-state index contributed by atoms with van der Waals surface area (Å²) in [6, 6.07) is 10.2. The number of nitrogens with one attached hydrogen (secondary N) is 1. The summed E-state index contributed by atoms with van der Waals surface area (Å²) < 4.78 is 13.5. The van der Waals surface area contributed by atoms with Crippen LogP contribution in [0.4, 0.5) is 0 Å². The number of para-hydroxylation sites is 1. The van der Waals surface area contributed by atoms with Crippen LogP contribution < -0.4 is 5.32 Å². The van der Waals surface area contributed by atoms with Crippen molar-refractivity contribution in [1.29, 1.82) is 0 Å². The molecule has 1 unspecified atom stereocenters.